The third-order valence-corrected chi connectivity index (χ3v) is 7.54. The summed E-state index contributed by atoms with van der Waals surface area (Å²) in [6.45, 7) is 1.99. The summed E-state index contributed by atoms with van der Waals surface area (Å²) in [6, 6.07) is 22.4. The summed E-state index contributed by atoms with van der Waals surface area (Å²) in [4.78, 5) is 27.3. The van der Waals surface area contributed by atoms with E-state index in [-0.39, 0.29) is 41.4 Å². The first-order valence-corrected chi connectivity index (χ1v) is 13.5. The van der Waals surface area contributed by atoms with E-state index in [1.54, 1.807) is 19.1 Å². The van der Waals surface area contributed by atoms with Crippen LogP contribution in [0.5, 0.6) is 17.2 Å². The number of ether oxygens (including phenoxy) is 3. The quantitative estimate of drug-likeness (QED) is 0.257. The average molecular weight is 560 g/mol. The van der Waals surface area contributed by atoms with Crippen LogP contribution >= 0.6 is 11.6 Å². The van der Waals surface area contributed by atoms with Crippen molar-refractivity contribution in [2.45, 2.75) is 31.6 Å². The summed E-state index contributed by atoms with van der Waals surface area (Å²) < 4.78 is 16.6. The number of aromatic hydroxyl groups is 1. The Labute approximate surface area is 238 Å². The van der Waals surface area contributed by atoms with E-state index in [1.807, 2.05) is 60.7 Å². The van der Waals surface area contributed by atoms with Crippen LogP contribution in [0.4, 0.5) is 0 Å². The number of hydrogen-bond acceptors (Lipinski definition) is 7. The Morgan fingerprint density at radius 1 is 1.00 bits per heavy atom. The van der Waals surface area contributed by atoms with Gasteiger partial charge in [-0.05, 0) is 54.7 Å². The smallest absolute Gasteiger partial charge is 0.336 e. The van der Waals surface area contributed by atoms with Gasteiger partial charge in [-0.25, -0.2) is 4.79 Å². The van der Waals surface area contributed by atoms with E-state index in [9.17, 15) is 14.7 Å². The number of hydrogen-bond donors (Lipinski definition) is 2. The molecule has 0 unspecified atom stereocenters. The third kappa shape index (κ3) is 5.56. The maximum Gasteiger partial charge on any atom is 0.336 e. The molecule has 5 rings (SSSR count). The highest BCUT2D eigenvalue weighted by Crippen LogP contribution is 2.48. The van der Waals surface area contributed by atoms with E-state index in [4.69, 9.17) is 25.8 Å². The van der Waals surface area contributed by atoms with Gasteiger partial charge in [0.15, 0.2) is 17.3 Å². The second kappa shape index (κ2) is 11.9. The Kier molecular flexibility index (Phi) is 8.12. The number of nitrogens with one attached hydrogen (secondary N) is 1. The SMILES string of the molecule is COc1cc([C@H]2C(C(=O)OCCOc3ccccc3)=C(C)NC3=C2C(=O)C[C@H](c2ccccc2)C3)cc(Cl)c1O. The predicted octanol–water partition coefficient (Wildman–Crippen LogP) is 6.04. The van der Waals surface area contributed by atoms with Crippen LogP contribution in [0.2, 0.25) is 5.02 Å². The average Bonchev–Trinajstić information content (AvgIpc) is 2.96. The maximum absolute atomic E-state index is 13.8. The van der Waals surface area contributed by atoms with Gasteiger partial charge in [0, 0.05) is 29.3 Å². The Hall–Kier alpha value is -4.23. The van der Waals surface area contributed by atoms with Gasteiger partial charge in [0.2, 0.25) is 0 Å². The molecule has 40 heavy (non-hydrogen) atoms. The van der Waals surface area contributed by atoms with Crippen molar-refractivity contribution >= 4 is 23.4 Å². The zero-order chi connectivity index (χ0) is 28.2. The molecule has 7 nitrogen and oxygen atoms in total. The van der Waals surface area contributed by atoms with E-state index in [1.165, 1.54) is 7.11 Å². The molecule has 206 valence electrons. The fourth-order valence-corrected chi connectivity index (χ4v) is 5.63. The van der Waals surface area contributed by atoms with Gasteiger partial charge in [-0.15, -0.1) is 0 Å². The Balaban J connectivity index is 1.48. The summed E-state index contributed by atoms with van der Waals surface area (Å²) in [5.41, 5.74) is 3.78. The number of ketones is 1. The highest BCUT2D eigenvalue weighted by molar-refractivity contribution is 6.32. The molecule has 1 heterocycles. The fraction of sp³-hybridized carbons (Fsp3) is 0.250. The maximum atomic E-state index is 13.8. The van der Waals surface area contributed by atoms with Gasteiger partial charge in [0.1, 0.15) is 19.0 Å². The van der Waals surface area contributed by atoms with Gasteiger partial charge in [-0.3, -0.25) is 4.79 Å². The molecule has 2 atom stereocenters. The number of methoxy groups -OCH3 is 1. The van der Waals surface area contributed by atoms with Crippen LogP contribution < -0.4 is 14.8 Å². The van der Waals surface area contributed by atoms with E-state index < -0.39 is 11.9 Å². The molecule has 0 amide bonds. The highest BCUT2D eigenvalue weighted by atomic mass is 35.5. The zero-order valence-electron chi connectivity index (χ0n) is 22.3. The van der Waals surface area contributed by atoms with E-state index >= 15 is 0 Å². The van der Waals surface area contributed by atoms with Gasteiger partial charge >= 0.3 is 5.97 Å². The topological polar surface area (TPSA) is 94.1 Å². The number of Topliss-reactive ketones (excluding diaryl/α,β-unsaturated/α-hetero) is 1. The molecule has 0 aromatic heterocycles. The van der Waals surface area contributed by atoms with Crippen LogP contribution in [0.3, 0.4) is 0 Å². The molecule has 0 saturated heterocycles. The second-order valence-corrected chi connectivity index (χ2v) is 10.2. The number of para-hydroxylation sites is 1. The summed E-state index contributed by atoms with van der Waals surface area (Å²) in [5, 5.41) is 13.8. The number of carbonyl (C=O) groups is 2. The molecule has 0 saturated carbocycles. The molecule has 3 aromatic rings. The van der Waals surface area contributed by atoms with Crippen LogP contribution in [0, 0.1) is 0 Å². The lowest BCUT2D eigenvalue weighted by Crippen LogP contribution is -2.36. The number of rotatable bonds is 8. The van der Waals surface area contributed by atoms with Crippen molar-refractivity contribution in [2.75, 3.05) is 20.3 Å². The van der Waals surface area contributed by atoms with Gasteiger partial charge in [0.25, 0.3) is 0 Å². The molecule has 2 N–H and O–H groups in total. The van der Waals surface area contributed by atoms with Gasteiger partial charge in [0.05, 0.1) is 17.7 Å². The number of phenols is 1. The van der Waals surface area contributed by atoms with Crippen molar-refractivity contribution in [1.82, 2.24) is 5.32 Å². The lowest BCUT2D eigenvalue weighted by molar-refractivity contribution is -0.140. The molecular weight excluding hydrogens is 530 g/mol. The largest absolute Gasteiger partial charge is 0.503 e. The first-order valence-electron chi connectivity index (χ1n) is 13.1. The Morgan fingerprint density at radius 2 is 1.70 bits per heavy atom. The molecule has 0 bridgehead atoms. The normalized spacial score (nSPS) is 18.6. The number of esters is 1. The van der Waals surface area contributed by atoms with Crippen LogP contribution in [0.15, 0.2) is 95.3 Å². The summed E-state index contributed by atoms with van der Waals surface area (Å²) in [5.74, 6) is -0.772. The number of allylic oxidation sites excluding steroid dienone is 3. The van der Waals surface area contributed by atoms with Gasteiger partial charge < -0.3 is 24.6 Å². The Bertz CT molecular complexity index is 1480. The van der Waals surface area contributed by atoms with E-state index in [0.29, 0.717) is 41.0 Å². The van der Waals surface area contributed by atoms with Crippen molar-refractivity contribution in [3.63, 3.8) is 0 Å². The van der Waals surface area contributed by atoms with Crippen molar-refractivity contribution in [3.05, 3.63) is 111 Å². The molecule has 1 aliphatic heterocycles. The van der Waals surface area contributed by atoms with Crippen molar-refractivity contribution in [2.24, 2.45) is 0 Å². The van der Waals surface area contributed by atoms with Gasteiger partial charge in [-0.2, -0.15) is 0 Å². The molecule has 2 aliphatic rings. The fourth-order valence-electron chi connectivity index (χ4n) is 5.41. The van der Waals surface area contributed by atoms with E-state index in [2.05, 4.69) is 5.32 Å². The highest BCUT2D eigenvalue weighted by Gasteiger charge is 2.42. The van der Waals surface area contributed by atoms with Crippen molar-refractivity contribution < 1.29 is 28.9 Å². The van der Waals surface area contributed by atoms with Crippen LogP contribution in [0.25, 0.3) is 0 Å². The molecule has 0 fully saturated rings. The van der Waals surface area contributed by atoms with Crippen LogP contribution in [-0.2, 0) is 14.3 Å². The standard InChI is InChI=1S/C32H30ClNO6/c1-19-28(32(37)40-14-13-39-23-11-7-4-8-12-23)29(22-15-24(33)31(36)27(18-22)38-2)30-25(34-19)16-21(17-26(30)35)20-9-5-3-6-10-20/h3-12,15,18,21,29,34,36H,13-14,16-17H2,1-2H3/t21-,29+/m1/s1. The van der Waals surface area contributed by atoms with Crippen LogP contribution in [-0.4, -0.2) is 37.2 Å². The predicted molar refractivity (Wildman–Crippen MR) is 152 cm³/mol. The molecule has 1 aliphatic carbocycles. The van der Waals surface area contributed by atoms with E-state index in [0.717, 1.165) is 11.3 Å². The first-order chi connectivity index (χ1) is 19.4. The molecule has 8 heteroatoms. The van der Waals surface area contributed by atoms with Crippen molar-refractivity contribution in [1.29, 1.82) is 0 Å². The monoisotopic (exact) mass is 559 g/mol. The zero-order valence-corrected chi connectivity index (χ0v) is 23.0. The van der Waals surface area contributed by atoms with Crippen LogP contribution in [0.1, 0.15) is 42.7 Å². The second-order valence-electron chi connectivity index (χ2n) is 9.78. The summed E-state index contributed by atoms with van der Waals surface area (Å²) >= 11 is 6.36. The number of carbonyl (C=O) groups excluding carboxylic acids is 2. The first kappa shape index (κ1) is 27.3. The molecule has 0 radical (unpaired) electrons. The minimum Gasteiger partial charge on any atom is -0.503 e. The Morgan fingerprint density at radius 3 is 2.40 bits per heavy atom. The number of benzene rings is 3. The summed E-state index contributed by atoms with van der Waals surface area (Å²) in [7, 11) is 1.42. The number of dihydropyridines is 1. The number of halogens is 1. The number of phenolic OH excluding ortho intramolecular Hbond substituents is 1. The minimum atomic E-state index is -0.755. The minimum absolute atomic E-state index is 0.00924. The lowest BCUT2D eigenvalue weighted by atomic mass is 9.71. The van der Waals surface area contributed by atoms with Crippen molar-refractivity contribution in [3.8, 4) is 17.2 Å². The summed E-state index contributed by atoms with van der Waals surface area (Å²) in [6.07, 6.45) is 0.908. The molecule has 0 spiro atoms. The van der Waals surface area contributed by atoms with Gasteiger partial charge in [-0.1, -0.05) is 60.1 Å². The third-order valence-electron chi connectivity index (χ3n) is 7.25. The molecular formula is C32H30ClNO6. The molecule has 3 aromatic carbocycles. The lowest BCUT2D eigenvalue weighted by Gasteiger charge is -2.37.